The van der Waals surface area contributed by atoms with Gasteiger partial charge in [0.25, 0.3) is 0 Å². The molecule has 1 amide bonds. The summed E-state index contributed by atoms with van der Waals surface area (Å²) >= 11 is 3.47. The van der Waals surface area contributed by atoms with Gasteiger partial charge in [-0.15, -0.1) is 0 Å². The van der Waals surface area contributed by atoms with Crippen LogP contribution >= 0.6 is 15.9 Å². The van der Waals surface area contributed by atoms with Gasteiger partial charge in [-0.05, 0) is 55.2 Å². The number of carbonyl (C=O) groups is 1. The fraction of sp³-hybridized carbons (Fsp3) is 0.333. The Morgan fingerprint density at radius 1 is 1.33 bits per heavy atom. The third-order valence-corrected chi connectivity index (χ3v) is 5.57. The first kappa shape index (κ1) is 18.0. The monoisotopic (exact) mass is 426 g/mol. The molecule has 1 aliphatic rings. The third-order valence-electron chi connectivity index (χ3n) is 5.07. The van der Waals surface area contributed by atoms with E-state index in [1.165, 1.54) is 5.56 Å². The number of piperidine rings is 1. The smallest absolute Gasteiger partial charge is 0.225 e. The molecule has 1 aromatic heterocycles. The standard InChI is InChI=1S/C21H23BrN4O/c1-14-7-8-18-19(10-14)25-21(24-18)26-9-3-5-16(13-26)20(27)23-12-15-4-2-6-17(22)11-15/h2,4,6-8,10-11,16H,3,5,9,12-13H2,1H3,(H,23,27)(H,24,25). The van der Waals surface area contributed by atoms with Crippen LogP contribution in [0.2, 0.25) is 0 Å². The van der Waals surface area contributed by atoms with Crippen LogP contribution in [0.3, 0.4) is 0 Å². The van der Waals surface area contributed by atoms with E-state index >= 15 is 0 Å². The first-order valence-corrected chi connectivity index (χ1v) is 10.1. The number of halogens is 1. The van der Waals surface area contributed by atoms with Crippen molar-refractivity contribution in [3.8, 4) is 0 Å². The Balaban J connectivity index is 1.41. The van der Waals surface area contributed by atoms with Crippen molar-refractivity contribution in [2.45, 2.75) is 26.3 Å². The van der Waals surface area contributed by atoms with Crippen molar-refractivity contribution in [2.75, 3.05) is 18.0 Å². The Labute approximate surface area is 167 Å². The van der Waals surface area contributed by atoms with E-state index in [9.17, 15) is 4.79 Å². The number of aryl methyl sites for hydroxylation is 1. The maximum absolute atomic E-state index is 12.7. The number of H-pyrrole nitrogens is 1. The lowest BCUT2D eigenvalue weighted by Gasteiger charge is -2.31. The summed E-state index contributed by atoms with van der Waals surface area (Å²) in [5.74, 6) is 0.965. The minimum atomic E-state index is -0.0131. The van der Waals surface area contributed by atoms with Crippen LogP contribution in [-0.2, 0) is 11.3 Å². The molecule has 1 fully saturated rings. The zero-order valence-corrected chi connectivity index (χ0v) is 16.9. The Kier molecular flexibility index (Phi) is 5.16. The first-order valence-electron chi connectivity index (χ1n) is 9.32. The zero-order chi connectivity index (χ0) is 18.8. The number of imidazole rings is 1. The predicted octanol–water partition coefficient (Wildman–Crippen LogP) is 4.17. The summed E-state index contributed by atoms with van der Waals surface area (Å²) in [6, 6.07) is 14.2. The largest absolute Gasteiger partial charge is 0.352 e. The number of carbonyl (C=O) groups excluding carboxylic acids is 1. The van der Waals surface area contributed by atoms with Crippen LogP contribution in [0.5, 0.6) is 0 Å². The van der Waals surface area contributed by atoms with E-state index in [1.807, 2.05) is 30.3 Å². The second-order valence-electron chi connectivity index (χ2n) is 7.21. The molecule has 2 heterocycles. The molecule has 4 rings (SSSR count). The lowest BCUT2D eigenvalue weighted by Crippen LogP contribution is -2.43. The van der Waals surface area contributed by atoms with Crippen molar-refractivity contribution in [1.82, 2.24) is 15.3 Å². The molecule has 6 heteroatoms. The lowest BCUT2D eigenvalue weighted by atomic mass is 9.97. The average Bonchev–Trinajstić information content (AvgIpc) is 3.09. The SMILES string of the molecule is Cc1ccc2nc(N3CCCC(C(=O)NCc4cccc(Br)c4)C3)[nH]c2c1. The fourth-order valence-corrected chi connectivity index (χ4v) is 4.07. The number of fused-ring (bicyclic) bond motifs is 1. The van der Waals surface area contributed by atoms with Crippen molar-refractivity contribution in [2.24, 2.45) is 5.92 Å². The molecule has 1 unspecified atom stereocenters. The van der Waals surface area contributed by atoms with Crippen LogP contribution in [-0.4, -0.2) is 29.0 Å². The highest BCUT2D eigenvalue weighted by Crippen LogP contribution is 2.24. The Morgan fingerprint density at radius 3 is 3.07 bits per heavy atom. The molecule has 140 valence electrons. The van der Waals surface area contributed by atoms with Gasteiger partial charge in [0.2, 0.25) is 11.9 Å². The number of anilines is 1. The number of amides is 1. The first-order chi connectivity index (χ1) is 13.1. The van der Waals surface area contributed by atoms with Gasteiger partial charge in [0, 0.05) is 24.1 Å². The number of aromatic amines is 1. The van der Waals surface area contributed by atoms with E-state index in [-0.39, 0.29) is 11.8 Å². The second-order valence-corrected chi connectivity index (χ2v) is 8.13. The van der Waals surface area contributed by atoms with Gasteiger partial charge in [0.15, 0.2) is 0 Å². The number of aromatic nitrogens is 2. The minimum Gasteiger partial charge on any atom is -0.352 e. The van der Waals surface area contributed by atoms with E-state index in [2.05, 4.69) is 50.2 Å². The van der Waals surface area contributed by atoms with Gasteiger partial charge in [-0.1, -0.05) is 34.1 Å². The molecule has 1 aliphatic heterocycles. The maximum atomic E-state index is 12.7. The van der Waals surface area contributed by atoms with Gasteiger partial charge >= 0.3 is 0 Å². The van der Waals surface area contributed by atoms with Crippen LogP contribution in [0.1, 0.15) is 24.0 Å². The minimum absolute atomic E-state index is 0.0131. The summed E-state index contributed by atoms with van der Waals surface area (Å²) in [5.41, 5.74) is 4.32. The van der Waals surface area contributed by atoms with Crippen molar-refractivity contribution >= 4 is 38.8 Å². The molecule has 5 nitrogen and oxygen atoms in total. The molecule has 1 saturated heterocycles. The molecule has 3 aromatic rings. The normalized spacial score (nSPS) is 17.3. The van der Waals surface area contributed by atoms with Gasteiger partial charge < -0.3 is 15.2 Å². The van der Waals surface area contributed by atoms with Crippen LogP contribution in [0, 0.1) is 12.8 Å². The average molecular weight is 427 g/mol. The molecular formula is C21H23BrN4O. The molecule has 27 heavy (non-hydrogen) atoms. The van der Waals surface area contributed by atoms with Gasteiger partial charge in [-0.25, -0.2) is 4.98 Å². The number of rotatable bonds is 4. The van der Waals surface area contributed by atoms with Crippen LogP contribution in [0.25, 0.3) is 11.0 Å². The number of nitrogens with zero attached hydrogens (tertiary/aromatic N) is 2. The van der Waals surface area contributed by atoms with Gasteiger partial charge in [0.1, 0.15) is 0 Å². The third kappa shape index (κ3) is 4.16. The van der Waals surface area contributed by atoms with Crippen LogP contribution < -0.4 is 10.2 Å². The Hall–Kier alpha value is -2.34. The summed E-state index contributed by atoms with van der Waals surface area (Å²) in [6.45, 7) is 4.25. The Morgan fingerprint density at radius 2 is 2.22 bits per heavy atom. The van der Waals surface area contributed by atoms with Crippen molar-refractivity contribution in [3.63, 3.8) is 0 Å². The number of hydrogen-bond donors (Lipinski definition) is 2. The predicted molar refractivity (Wildman–Crippen MR) is 112 cm³/mol. The molecule has 0 saturated carbocycles. The number of benzene rings is 2. The Bertz CT molecular complexity index is 968. The topological polar surface area (TPSA) is 61.0 Å². The van der Waals surface area contributed by atoms with Crippen molar-refractivity contribution in [1.29, 1.82) is 0 Å². The van der Waals surface area contributed by atoms with Crippen molar-refractivity contribution < 1.29 is 4.79 Å². The van der Waals surface area contributed by atoms with E-state index in [0.29, 0.717) is 13.1 Å². The fourth-order valence-electron chi connectivity index (χ4n) is 3.62. The molecule has 2 aromatic carbocycles. The summed E-state index contributed by atoms with van der Waals surface area (Å²) in [7, 11) is 0. The lowest BCUT2D eigenvalue weighted by molar-refractivity contribution is -0.125. The molecule has 0 aliphatic carbocycles. The quantitative estimate of drug-likeness (QED) is 0.657. The zero-order valence-electron chi connectivity index (χ0n) is 15.3. The highest BCUT2D eigenvalue weighted by Gasteiger charge is 2.27. The molecule has 2 N–H and O–H groups in total. The summed E-state index contributed by atoms with van der Waals surface area (Å²) in [4.78, 5) is 23.0. The molecular weight excluding hydrogens is 404 g/mol. The second kappa shape index (κ2) is 7.72. The number of hydrogen-bond acceptors (Lipinski definition) is 3. The number of nitrogens with one attached hydrogen (secondary N) is 2. The molecule has 0 radical (unpaired) electrons. The van der Waals surface area contributed by atoms with Crippen molar-refractivity contribution in [3.05, 3.63) is 58.1 Å². The molecule has 1 atom stereocenters. The van der Waals surface area contributed by atoms with E-state index in [4.69, 9.17) is 4.98 Å². The highest BCUT2D eigenvalue weighted by atomic mass is 79.9. The van der Waals surface area contributed by atoms with Gasteiger partial charge in [-0.2, -0.15) is 0 Å². The summed E-state index contributed by atoms with van der Waals surface area (Å²) in [6.07, 6.45) is 1.91. The van der Waals surface area contributed by atoms with Gasteiger partial charge in [-0.3, -0.25) is 4.79 Å². The van der Waals surface area contributed by atoms with Gasteiger partial charge in [0.05, 0.1) is 17.0 Å². The van der Waals surface area contributed by atoms with E-state index in [0.717, 1.165) is 46.4 Å². The summed E-state index contributed by atoms with van der Waals surface area (Å²) in [5, 5.41) is 3.08. The van der Waals surface area contributed by atoms with Crippen LogP contribution in [0.15, 0.2) is 46.9 Å². The summed E-state index contributed by atoms with van der Waals surface area (Å²) < 4.78 is 1.03. The molecule has 0 bridgehead atoms. The van der Waals surface area contributed by atoms with E-state index < -0.39 is 0 Å². The maximum Gasteiger partial charge on any atom is 0.225 e. The molecule has 0 spiro atoms. The van der Waals surface area contributed by atoms with E-state index in [1.54, 1.807) is 0 Å². The highest BCUT2D eigenvalue weighted by molar-refractivity contribution is 9.10. The van der Waals surface area contributed by atoms with Crippen LogP contribution in [0.4, 0.5) is 5.95 Å².